The number of primary amides is 1. The summed E-state index contributed by atoms with van der Waals surface area (Å²) in [5, 5.41) is 45.5. The highest BCUT2D eigenvalue weighted by Gasteiger charge is 2.63. The zero-order valence-corrected chi connectivity index (χ0v) is 23.6. The summed E-state index contributed by atoms with van der Waals surface area (Å²) >= 11 is 0. The maximum Gasteiger partial charge on any atom is 0.255 e. The van der Waals surface area contributed by atoms with Crippen molar-refractivity contribution in [1.82, 2.24) is 4.90 Å². The van der Waals surface area contributed by atoms with Crippen LogP contribution in [0.25, 0.3) is 12.2 Å². The number of Topliss-reactive ketones (excluding diaryl/α,β-unsaturated/α-hetero) is 2. The van der Waals surface area contributed by atoms with E-state index in [2.05, 4.69) is 0 Å². The molecular weight excluding hydrogens is 545 g/mol. The van der Waals surface area contributed by atoms with E-state index in [0.717, 1.165) is 0 Å². The molecule has 4 atom stereocenters. The van der Waals surface area contributed by atoms with E-state index in [1.807, 2.05) is 0 Å². The number of nitrogens with two attached hydrogens (primary N) is 1. The monoisotopic (exact) mass is 577 g/mol. The number of benzene rings is 2. The second-order valence-corrected chi connectivity index (χ2v) is 11.4. The molecule has 2 aromatic carbocycles. The van der Waals surface area contributed by atoms with E-state index in [9.17, 15) is 39.2 Å². The Morgan fingerprint density at radius 2 is 1.71 bits per heavy atom. The number of allylic oxidation sites excluding steroid dienone is 1. The summed E-state index contributed by atoms with van der Waals surface area (Å²) in [5.74, 6) is -7.39. The lowest BCUT2D eigenvalue weighted by atomic mass is 9.58. The summed E-state index contributed by atoms with van der Waals surface area (Å²) in [4.78, 5) is 43.0. The number of hydrogen-bond acceptors (Lipinski definition) is 9. The van der Waals surface area contributed by atoms with Crippen molar-refractivity contribution >= 4 is 35.3 Å². The highest BCUT2D eigenvalue weighted by molar-refractivity contribution is 6.25. The van der Waals surface area contributed by atoms with Gasteiger partial charge in [0, 0.05) is 36.8 Å². The molecule has 220 valence electrons. The number of rotatable bonds is 5. The number of likely N-dealkylation sites (N-methyl/N-ethyl adjacent to an activating group) is 1. The van der Waals surface area contributed by atoms with Gasteiger partial charge < -0.3 is 31.1 Å². The van der Waals surface area contributed by atoms with Crippen LogP contribution in [0.1, 0.15) is 33.5 Å². The number of halogens is 1. The predicted octanol–water partition coefficient (Wildman–Crippen LogP) is 2.50. The molecule has 0 bridgehead atoms. The zero-order valence-electron chi connectivity index (χ0n) is 23.6. The van der Waals surface area contributed by atoms with Gasteiger partial charge in [0.25, 0.3) is 5.91 Å². The Hall–Kier alpha value is -4.48. The first-order valence-electron chi connectivity index (χ1n) is 13.3. The Kier molecular flexibility index (Phi) is 6.99. The van der Waals surface area contributed by atoms with E-state index in [1.54, 1.807) is 63.4 Å². The molecule has 10 nitrogen and oxygen atoms in total. The van der Waals surface area contributed by atoms with E-state index in [-0.39, 0.29) is 35.3 Å². The highest BCUT2D eigenvalue weighted by atomic mass is 19.1. The molecule has 0 aliphatic heterocycles. The molecule has 3 aliphatic carbocycles. The molecule has 11 heteroatoms. The van der Waals surface area contributed by atoms with Crippen LogP contribution in [0.4, 0.5) is 10.1 Å². The molecule has 0 saturated carbocycles. The van der Waals surface area contributed by atoms with Crippen LogP contribution >= 0.6 is 0 Å². The van der Waals surface area contributed by atoms with Gasteiger partial charge in [-0.05, 0) is 62.2 Å². The molecule has 1 amide bonds. The highest BCUT2D eigenvalue weighted by Crippen LogP contribution is 2.53. The number of ketones is 2. The van der Waals surface area contributed by atoms with Crippen molar-refractivity contribution < 1.29 is 39.2 Å². The standard InChI is InChI=1S/C31H32FN3O7/c1-34(2)20-13-15(8-5-14-6-9-17(32)10-7-14)25(36)22-18(20)11-16-12-19-24(35(3)4)27(38)23(30(33)41)29(40)31(19,42)28(39)21(16)26(22)37/h5-10,13,16,19,24,36,38-39,42H,11-12H2,1-4H3,(H2,33,41)/b8-5+/t16-,19-,24-,31-/m0/s1. The van der Waals surface area contributed by atoms with Crippen LogP contribution in [0.15, 0.2) is 53.0 Å². The molecule has 42 heavy (non-hydrogen) atoms. The number of nitrogens with zero attached hydrogens (tertiary/aromatic N) is 2. The number of fused-ring (bicyclic) bond motifs is 3. The maximum atomic E-state index is 14.1. The van der Waals surface area contributed by atoms with Crippen LogP contribution in [0.5, 0.6) is 5.75 Å². The largest absolute Gasteiger partial charge is 0.510 e. The third kappa shape index (κ3) is 4.19. The minimum atomic E-state index is -2.70. The fraction of sp³-hybridized carbons (Fsp3) is 0.323. The van der Waals surface area contributed by atoms with E-state index in [0.29, 0.717) is 16.8 Å². The van der Waals surface area contributed by atoms with Crippen LogP contribution < -0.4 is 10.6 Å². The molecule has 0 radical (unpaired) electrons. The summed E-state index contributed by atoms with van der Waals surface area (Å²) in [7, 11) is 6.72. The summed E-state index contributed by atoms with van der Waals surface area (Å²) in [5.41, 5.74) is 3.61. The SMILES string of the molecule is CN(C)c1cc(/C=C/c2ccc(F)cc2)c(O)c2c1C[C@H]1C[C@H]3[C@H](N(C)C)C(O)=C(C(N)=O)C(=O)[C@@]3(O)C(O)=C1C2=O. The fourth-order valence-corrected chi connectivity index (χ4v) is 6.61. The first-order valence-corrected chi connectivity index (χ1v) is 13.3. The summed E-state index contributed by atoms with van der Waals surface area (Å²) in [6.45, 7) is 0. The van der Waals surface area contributed by atoms with Crippen LogP contribution in [0, 0.1) is 17.7 Å². The molecule has 2 aromatic rings. The number of phenolic OH excluding ortho intramolecular Hbond substituents is 1. The fourth-order valence-electron chi connectivity index (χ4n) is 6.61. The Labute approximate surface area is 241 Å². The van der Waals surface area contributed by atoms with Gasteiger partial charge in [-0.2, -0.15) is 0 Å². The van der Waals surface area contributed by atoms with Crippen molar-refractivity contribution in [3.63, 3.8) is 0 Å². The zero-order chi connectivity index (χ0) is 30.8. The molecule has 0 unspecified atom stereocenters. The molecule has 6 N–H and O–H groups in total. The minimum absolute atomic E-state index is 0.00557. The second-order valence-electron chi connectivity index (χ2n) is 11.4. The van der Waals surface area contributed by atoms with Crippen LogP contribution in [-0.4, -0.2) is 82.6 Å². The van der Waals surface area contributed by atoms with E-state index < -0.39 is 63.9 Å². The van der Waals surface area contributed by atoms with Gasteiger partial charge in [-0.3, -0.25) is 19.3 Å². The van der Waals surface area contributed by atoms with Gasteiger partial charge in [-0.1, -0.05) is 24.3 Å². The van der Waals surface area contributed by atoms with E-state index in [4.69, 9.17) is 5.73 Å². The molecular formula is C31H32FN3O7. The van der Waals surface area contributed by atoms with Crippen molar-refractivity contribution in [2.24, 2.45) is 17.6 Å². The number of amides is 1. The van der Waals surface area contributed by atoms with Crippen molar-refractivity contribution in [2.75, 3.05) is 33.1 Å². The van der Waals surface area contributed by atoms with Gasteiger partial charge in [0.1, 0.15) is 28.7 Å². The predicted molar refractivity (Wildman–Crippen MR) is 153 cm³/mol. The number of hydrogen-bond donors (Lipinski definition) is 5. The van der Waals surface area contributed by atoms with Gasteiger partial charge in [0.15, 0.2) is 11.4 Å². The molecule has 0 saturated heterocycles. The first-order chi connectivity index (χ1) is 19.7. The Morgan fingerprint density at radius 3 is 2.29 bits per heavy atom. The lowest BCUT2D eigenvalue weighted by molar-refractivity contribution is -0.148. The number of aliphatic hydroxyl groups excluding tert-OH is 2. The molecule has 0 heterocycles. The second kappa shape index (κ2) is 10.1. The maximum absolute atomic E-state index is 14.1. The number of phenols is 1. The van der Waals surface area contributed by atoms with Gasteiger partial charge in [0.2, 0.25) is 5.78 Å². The number of aliphatic hydroxyl groups is 3. The molecule has 0 aromatic heterocycles. The van der Waals surface area contributed by atoms with Gasteiger partial charge in [0.05, 0.1) is 11.6 Å². The summed E-state index contributed by atoms with van der Waals surface area (Å²) < 4.78 is 13.3. The Morgan fingerprint density at radius 1 is 1.07 bits per heavy atom. The average Bonchev–Trinajstić information content (AvgIpc) is 2.90. The van der Waals surface area contributed by atoms with Gasteiger partial charge >= 0.3 is 0 Å². The van der Waals surface area contributed by atoms with Crippen LogP contribution in [-0.2, 0) is 16.0 Å². The van der Waals surface area contributed by atoms with Crippen LogP contribution in [0.2, 0.25) is 0 Å². The summed E-state index contributed by atoms with van der Waals surface area (Å²) in [6, 6.07) is 6.36. The van der Waals surface area contributed by atoms with Crippen molar-refractivity contribution in [2.45, 2.75) is 24.5 Å². The number of carbonyl (C=O) groups is 3. The summed E-state index contributed by atoms with van der Waals surface area (Å²) in [6.07, 6.45) is 3.41. The van der Waals surface area contributed by atoms with Crippen molar-refractivity contribution in [3.8, 4) is 5.75 Å². The quantitative estimate of drug-likeness (QED) is 0.265. The Bertz CT molecular complexity index is 1620. The first kappa shape index (κ1) is 29.0. The number of aromatic hydroxyl groups is 1. The lowest BCUT2D eigenvalue weighted by Crippen LogP contribution is -2.63. The lowest BCUT2D eigenvalue weighted by Gasteiger charge is -2.50. The number of carbonyl (C=O) groups excluding carboxylic acids is 3. The topological polar surface area (TPSA) is 165 Å². The average molecular weight is 578 g/mol. The minimum Gasteiger partial charge on any atom is -0.510 e. The molecule has 5 rings (SSSR count). The smallest absolute Gasteiger partial charge is 0.255 e. The third-order valence-electron chi connectivity index (χ3n) is 8.54. The van der Waals surface area contributed by atoms with E-state index >= 15 is 0 Å². The van der Waals surface area contributed by atoms with Gasteiger partial charge in [-0.25, -0.2) is 4.39 Å². The van der Waals surface area contributed by atoms with E-state index in [1.165, 1.54) is 17.0 Å². The Balaban J connectivity index is 1.69. The van der Waals surface area contributed by atoms with Gasteiger partial charge in [-0.15, -0.1) is 0 Å². The van der Waals surface area contributed by atoms with Crippen LogP contribution in [0.3, 0.4) is 0 Å². The number of anilines is 1. The normalized spacial score (nSPS) is 25.5. The molecule has 0 spiro atoms. The third-order valence-corrected chi connectivity index (χ3v) is 8.54. The van der Waals surface area contributed by atoms with Crippen molar-refractivity contribution in [1.29, 1.82) is 0 Å². The van der Waals surface area contributed by atoms with Crippen molar-refractivity contribution in [3.05, 3.63) is 81.1 Å². The molecule has 3 aliphatic rings. The molecule has 0 fully saturated rings.